The van der Waals surface area contributed by atoms with Crippen LogP contribution in [0.5, 0.6) is 0 Å². The first-order valence-electron chi connectivity index (χ1n) is 3.88. The van der Waals surface area contributed by atoms with Crippen LogP contribution in [0.4, 0.5) is 4.39 Å². The number of rotatable bonds is 2. The van der Waals surface area contributed by atoms with E-state index in [9.17, 15) is 9.18 Å². The summed E-state index contributed by atoms with van der Waals surface area (Å²) in [4.78, 5) is 10.3. The molecule has 0 aliphatic heterocycles. The van der Waals surface area contributed by atoms with Crippen LogP contribution in [0.3, 0.4) is 0 Å². The van der Waals surface area contributed by atoms with E-state index in [0.717, 1.165) is 11.6 Å². The topological polar surface area (TPSA) is 37.3 Å². The Bertz CT molecular complexity index is 399. The molecule has 0 radical (unpaired) electrons. The van der Waals surface area contributed by atoms with Gasteiger partial charge in [-0.25, -0.2) is 9.18 Å². The van der Waals surface area contributed by atoms with Crippen molar-refractivity contribution in [2.45, 2.75) is 6.92 Å². The number of carboxylic acids is 1. The van der Waals surface area contributed by atoms with Gasteiger partial charge in [-0.05, 0) is 30.2 Å². The number of hydrogen-bond acceptors (Lipinski definition) is 1. The molecule has 0 spiro atoms. The molecule has 14 heavy (non-hydrogen) atoms. The van der Waals surface area contributed by atoms with Gasteiger partial charge in [0.05, 0.1) is 5.02 Å². The number of aliphatic carboxylic acids is 1. The second-order valence-corrected chi connectivity index (χ2v) is 3.14. The highest BCUT2D eigenvalue weighted by Crippen LogP contribution is 2.24. The third-order valence-electron chi connectivity index (χ3n) is 1.74. The number of halogens is 2. The highest BCUT2D eigenvalue weighted by Gasteiger charge is 2.06. The van der Waals surface area contributed by atoms with Crippen molar-refractivity contribution in [3.05, 3.63) is 40.2 Å². The van der Waals surface area contributed by atoms with E-state index < -0.39 is 11.8 Å². The minimum absolute atomic E-state index is 0.0532. The summed E-state index contributed by atoms with van der Waals surface area (Å²) in [5.74, 6) is -1.65. The number of carboxylic acid groups (broad SMARTS) is 1. The third kappa shape index (κ3) is 2.33. The smallest absolute Gasteiger partial charge is 0.328 e. The first kappa shape index (κ1) is 10.7. The standard InChI is InChI=1S/C10H8ClFO2/c1-6-2-4-8(12)10(11)7(6)3-5-9(13)14/h2-5H,1H3,(H,13,14)/b5-3+. The Labute approximate surface area is 85.6 Å². The fraction of sp³-hybridized carbons (Fsp3) is 0.100. The van der Waals surface area contributed by atoms with Crippen molar-refractivity contribution in [3.63, 3.8) is 0 Å². The lowest BCUT2D eigenvalue weighted by Gasteiger charge is -2.03. The Morgan fingerprint density at radius 2 is 2.21 bits per heavy atom. The largest absolute Gasteiger partial charge is 0.478 e. The zero-order valence-electron chi connectivity index (χ0n) is 7.42. The Morgan fingerprint density at radius 1 is 1.57 bits per heavy atom. The summed E-state index contributed by atoms with van der Waals surface area (Å²) in [5.41, 5.74) is 1.13. The van der Waals surface area contributed by atoms with Crippen LogP contribution in [-0.4, -0.2) is 11.1 Å². The molecule has 0 bridgehead atoms. The van der Waals surface area contributed by atoms with Gasteiger partial charge in [0.25, 0.3) is 0 Å². The monoisotopic (exact) mass is 214 g/mol. The summed E-state index contributed by atoms with van der Waals surface area (Å²) >= 11 is 5.66. The van der Waals surface area contributed by atoms with E-state index in [4.69, 9.17) is 16.7 Å². The predicted octanol–water partition coefficient (Wildman–Crippen LogP) is 2.89. The molecule has 0 heterocycles. The third-order valence-corrected chi connectivity index (χ3v) is 2.13. The molecular formula is C10H8ClFO2. The van der Waals surface area contributed by atoms with Crippen LogP contribution in [0.25, 0.3) is 6.08 Å². The molecule has 0 aliphatic carbocycles. The Kier molecular flexibility index (Phi) is 3.25. The molecule has 1 N–H and O–H groups in total. The fourth-order valence-electron chi connectivity index (χ4n) is 1.02. The lowest BCUT2D eigenvalue weighted by Crippen LogP contribution is -1.90. The summed E-state index contributed by atoms with van der Waals surface area (Å²) < 4.78 is 13.0. The van der Waals surface area contributed by atoms with Crippen molar-refractivity contribution >= 4 is 23.6 Å². The second kappa shape index (κ2) is 4.24. The van der Waals surface area contributed by atoms with E-state index in [1.165, 1.54) is 12.1 Å². The molecule has 0 aromatic heterocycles. The molecule has 2 nitrogen and oxygen atoms in total. The van der Waals surface area contributed by atoms with E-state index in [2.05, 4.69) is 0 Å². The van der Waals surface area contributed by atoms with Crippen molar-refractivity contribution in [1.29, 1.82) is 0 Å². The number of aryl methyl sites for hydroxylation is 1. The summed E-state index contributed by atoms with van der Waals surface area (Å²) in [5, 5.41) is 8.35. The van der Waals surface area contributed by atoms with E-state index in [-0.39, 0.29) is 5.02 Å². The van der Waals surface area contributed by atoms with Gasteiger partial charge in [-0.1, -0.05) is 17.7 Å². The maximum atomic E-state index is 13.0. The Hall–Kier alpha value is -1.35. The van der Waals surface area contributed by atoms with Crippen LogP contribution in [0.2, 0.25) is 5.02 Å². The van der Waals surface area contributed by atoms with Crippen LogP contribution < -0.4 is 0 Å². The Morgan fingerprint density at radius 3 is 2.79 bits per heavy atom. The molecule has 0 saturated carbocycles. The van der Waals surface area contributed by atoms with Gasteiger partial charge in [0.15, 0.2) is 0 Å². The quantitative estimate of drug-likeness (QED) is 0.769. The maximum absolute atomic E-state index is 13.0. The van der Waals surface area contributed by atoms with Crippen molar-refractivity contribution in [2.24, 2.45) is 0 Å². The lowest BCUT2D eigenvalue weighted by molar-refractivity contribution is -0.131. The molecule has 0 atom stereocenters. The molecule has 1 aromatic carbocycles. The van der Waals surface area contributed by atoms with E-state index in [1.807, 2.05) is 0 Å². The highest BCUT2D eigenvalue weighted by atomic mass is 35.5. The molecule has 0 fully saturated rings. The van der Waals surface area contributed by atoms with Crippen LogP contribution >= 0.6 is 11.6 Å². The molecule has 0 amide bonds. The predicted molar refractivity (Wildman–Crippen MR) is 52.8 cm³/mol. The fourth-order valence-corrected chi connectivity index (χ4v) is 1.30. The average Bonchev–Trinajstić information content (AvgIpc) is 2.11. The second-order valence-electron chi connectivity index (χ2n) is 2.76. The van der Waals surface area contributed by atoms with E-state index >= 15 is 0 Å². The highest BCUT2D eigenvalue weighted by molar-refractivity contribution is 6.32. The summed E-state index contributed by atoms with van der Waals surface area (Å²) in [6.45, 7) is 1.73. The molecule has 0 aliphatic rings. The number of hydrogen-bond donors (Lipinski definition) is 1. The van der Waals surface area contributed by atoms with Crippen LogP contribution in [0, 0.1) is 12.7 Å². The summed E-state index contributed by atoms with van der Waals surface area (Å²) in [6.07, 6.45) is 2.21. The van der Waals surface area contributed by atoms with Gasteiger partial charge in [-0.2, -0.15) is 0 Å². The van der Waals surface area contributed by atoms with Gasteiger partial charge in [0.1, 0.15) is 5.82 Å². The van der Waals surface area contributed by atoms with Crippen molar-refractivity contribution in [1.82, 2.24) is 0 Å². The van der Waals surface area contributed by atoms with E-state index in [1.54, 1.807) is 13.0 Å². The normalized spacial score (nSPS) is 10.8. The SMILES string of the molecule is Cc1ccc(F)c(Cl)c1/C=C/C(=O)O. The summed E-state index contributed by atoms with van der Waals surface area (Å²) in [6, 6.07) is 2.79. The Balaban J connectivity index is 3.19. The molecule has 74 valence electrons. The minimum atomic E-state index is -1.09. The van der Waals surface area contributed by atoms with Gasteiger partial charge in [-0.15, -0.1) is 0 Å². The number of benzene rings is 1. The molecule has 4 heteroatoms. The first-order chi connectivity index (χ1) is 6.52. The van der Waals surface area contributed by atoms with Gasteiger partial charge in [0, 0.05) is 6.08 Å². The minimum Gasteiger partial charge on any atom is -0.478 e. The van der Waals surface area contributed by atoms with Gasteiger partial charge >= 0.3 is 5.97 Å². The van der Waals surface area contributed by atoms with Crippen molar-refractivity contribution in [2.75, 3.05) is 0 Å². The van der Waals surface area contributed by atoms with Gasteiger partial charge in [-0.3, -0.25) is 0 Å². The first-order valence-corrected chi connectivity index (χ1v) is 4.26. The zero-order chi connectivity index (χ0) is 10.7. The van der Waals surface area contributed by atoms with E-state index in [0.29, 0.717) is 5.56 Å². The van der Waals surface area contributed by atoms with Gasteiger partial charge < -0.3 is 5.11 Å². The summed E-state index contributed by atoms with van der Waals surface area (Å²) in [7, 11) is 0. The molecule has 0 unspecified atom stereocenters. The maximum Gasteiger partial charge on any atom is 0.328 e. The molecule has 0 saturated heterocycles. The molecule has 1 rings (SSSR count). The molecule has 1 aromatic rings. The zero-order valence-corrected chi connectivity index (χ0v) is 8.18. The van der Waals surface area contributed by atoms with Gasteiger partial charge in [0.2, 0.25) is 0 Å². The lowest BCUT2D eigenvalue weighted by atomic mass is 10.1. The van der Waals surface area contributed by atoms with Crippen LogP contribution in [-0.2, 0) is 4.79 Å². The number of carbonyl (C=O) groups is 1. The van der Waals surface area contributed by atoms with Crippen LogP contribution in [0.1, 0.15) is 11.1 Å². The van der Waals surface area contributed by atoms with Crippen molar-refractivity contribution in [3.8, 4) is 0 Å². The van der Waals surface area contributed by atoms with Crippen LogP contribution in [0.15, 0.2) is 18.2 Å². The molecular weight excluding hydrogens is 207 g/mol. The van der Waals surface area contributed by atoms with Crippen molar-refractivity contribution < 1.29 is 14.3 Å². The average molecular weight is 215 g/mol.